The highest BCUT2D eigenvalue weighted by Crippen LogP contribution is 2.27. The van der Waals surface area contributed by atoms with Crippen LogP contribution in [0.3, 0.4) is 0 Å². The van der Waals surface area contributed by atoms with E-state index in [0.29, 0.717) is 49.3 Å². The zero-order chi connectivity index (χ0) is 19.9. The lowest BCUT2D eigenvalue weighted by Gasteiger charge is -2.18. The van der Waals surface area contributed by atoms with E-state index in [1.807, 2.05) is 18.2 Å². The highest BCUT2D eigenvalue weighted by atomic mass is 16.5. The molecule has 150 valence electrons. The highest BCUT2D eigenvalue weighted by Gasteiger charge is 2.28. The fraction of sp³-hybridized carbons (Fsp3) is 0.421. The molecule has 1 fully saturated rings. The molecule has 0 bridgehead atoms. The van der Waals surface area contributed by atoms with Gasteiger partial charge in [0.05, 0.1) is 27.9 Å². The van der Waals surface area contributed by atoms with Crippen molar-refractivity contribution in [1.82, 2.24) is 20.2 Å². The molecular weight excluding hydrogens is 364 g/mol. The molecule has 1 aromatic heterocycles. The summed E-state index contributed by atoms with van der Waals surface area (Å²) in [5.74, 6) is 1.94. The normalized spacial score (nSPS) is 15.8. The topological polar surface area (TPSA) is 95.0 Å². The Morgan fingerprint density at radius 3 is 2.57 bits per heavy atom. The summed E-state index contributed by atoms with van der Waals surface area (Å²) in [6.07, 6.45) is 3.63. The Morgan fingerprint density at radius 2 is 1.86 bits per heavy atom. The largest absolute Gasteiger partial charge is 0.493 e. The molecule has 1 aromatic carbocycles. The summed E-state index contributed by atoms with van der Waals surface area (Å²) in [7, 11) is 4.68. The molecular formula is C19H24N4O5. The average Bonchev–Trinajstić information content (AvgIpc) is 3.20. The van der Waals surface area contributed by atoms with Crippen molar-refractivity contribution in [1.29, 1.82) is 0 Å². The second-order valence-corrected chi connectivity index (χ2v) is 6.19. The Morgan fingerprint density at radius 1 is 1.11 bits per heavy atom. The van der Waals surface area contributed by atoms with E-state index in [2.05, 4.69) is 15.3 Å². The lowest BCUT2D eigenvalue weighted by Crippen LogP contribution is -2.39. The third kappa shape index (κ3) is 4.54. The van der Waals surface area contributed by atoms with Crippen LogP contribution in [0.25, 0.3) is 0 Å². The number of carbonyl (C=O) groups is 1. The molecule has 0 saturated carbocycles. The van der Waals surface area contributed by atoms with Crippen LogP contribution in [0.1, 0.15) is 12.0 Å². The van der Waals surface area contributed by atoms with Crippen LogP contribution in [0.15, 0.2) is 30.6 Å². The minimum atomic E-state index is -0.155. The number of carbonyl (C=O) groups excluding carboxylic acids is 1. The van der Waals surface area contributed by atoms with Gasteiger partial charge < -0.3 is 29.2 Å². The standard InChI is InChI=1S/C19H24N4O5/c1-25-15-5-4-13(10-16(15)26-2)11-22-19(24)23-9-6-14(12-23)28-18-17(27-3)20-7-8-21-18/h4-5,7-8,10,14H,6,9,11-12H2,1-3H3,(H,22,24). The van der Waals surface area contributed by atoms with Crippen molar-refractivity contribution >= 4 is 6.03 Å². The summed E-state index contributed by atoms with van der Waals surface area (Å²) in [4.78, 5) is 22.4. The van der Waals surface area contributed by atoms with E-state index in [0.717, 1.165) is 5.56 Å². The minimum Gasteiger partial charge on any atom is -0.493 e. The summed E-state index contributed by atoms with van der Waals surface area (Å²) in [6, 6.07) is 5.40. The van der Waals surface area contributed by atoms with Gasteiger partial charge in [-0.2, -0.15) is 0 Å². The van der Waals surface area contributed by atoms with Gasteiger partial charge in [0.1, 0.15) is 6.10 Å². The van der Waals surface area contributed by atoms with Gasteiger partial charge in [-0.1, -0.05) is 6.07 Å². The zero-order valence-electron chi connectivity index (χ0n) is 16.2. The molecule has 9 heteroatoms. The quantitative estimate of drug-likeness (QED) is 0.774. The van der Waals surface area contributed by atoms with Gasteiger partial charge in [0.15, 0.2) is 11.5 Å². The van der Waals surface area contributed by atoms with E-state index in [1.54, 1.807) is 25.3 Å². The minimum absolute atomic E-state index is 0.146. The number of aromatic nitrogens is 2. The molecule has 0 radical (unpaired) electrons. The van der Waals surface area contributed by atoms with Crippen LogP contribution in [-0.4, -0.2) is 61.4 Å². The number of benzene rings is 1. The van der Waals surface area contributed by atoms with Gasteiger partial charge in [0, 0.05) is 31.9 Å². The molecule has 1 saturated heterocycles. The number of rotatable bonds is 7. The van der Waals surface area contributed by atoms with Crippen molar-refractivity contribution in [3.05, 3.63) is 36.2 Å². The molecule has 1 aliphatic rings. The van der Waals surface area contributed by atoms with Crippen molar-refractivity contribution in [2.75, 3.05) is 34.4 Å². The summed E-state index contributed by atoms with van der Waals surface area (Å²) < 4.78 is 21.5. The highest BCUT2D eigenvalue weighted by molar-refractivity contribution is 5.74. The second kappa shape index (κ2) is 9.12. The molecule has 1 atom stereocenters. The van der Waals surface area contributed by atoms with Crippen molar-refractivity contribution in [3.8, 4) is 23.3 Å². The van der Waals surface area contributed by atoms with Gasteiger partial charge in [-0.05, 0) is 17.7 Å². The third-order valence-electron chi connectivity index (χ3n) is 4.43. The van der Waals surface area contributed by atoms with Crippen molar-refractivity contribution in [2.24, 2.45) is 0 Å². The van der Waals surface area contributed by atoms with Gasteiger partial charge >= 0.3 is 6.03 Å². The van der Waals surface area contributed by atoms with Gasteiger partial charge in [0.2, 0.25) is 0 Å². The molecule has 28 heavy (non-hydrogen) atoms. The van der Waals surface area contributed by atoms with Crippen molar-refractivity contribution in [2.45, 2.75) is 19.1 Å². The van der Waals surface area contributed by atoms with Crippen molar-refractivity contribution in [3.63, 3.8) is 0 Å². The fourth-order valence-corrected chi connectivity index (χ4v) is 2.98. The van der Waals surface area contributed by atoms with E-state index in [1.165, 1.54) is 13.3 Å². The molecule has 0 aliphatic carbocycles. The molecule has 2 heterocycles. The molecule has 1 unspecified atom stereocenters. The SMILES string of the molecule is COc1ccc(CNC(=O)N2CCC(Oc3nccnc3OC)C2)cc1OC. The first-order valence-corrected chi connectivity index (χ1v) is 8.90. The van der Waals surface area contributed by atoms with Gasteiger partial charge in [-0.3, -0.25) is 0 Å². The molecule has 1 N–H and O–H groups in total. The maximum atomic E-state index is 12.5. The number of hydrogen-bond donors (Lipinski definition) is 1. The lowest BCUT2D eigenvalue weighted by molar-refractivity contribution is 0.177. The smallest absolute Gasteiger partial charge is 0.317 e. The number of nitrogens with one attached hydrogen (secondary N) is 1. The molecule has 0 spiro atoms. The van der Waals surface area contributed by atoms with Gasteiger partial charge in [-0.25, -0.2) is 14.8 Å². The number of ether oxygens (including phenoxy) is 4. The molecule has 2 aromatic rings. The predicted molar refractivity (Wildman–Crippen MR) is 101 cm³/mol. The molecule has 3 rings (SSSR count). The number of likely N-dealkylation sites (tertiary alicyclic amines) is 1. The second-order valence-electron chi connectivity index (χ2n) is 6.19. The summed E-state index contributed by atoms with van der Waals surface area (Å²) in [5.41, 5.74) is 0.919. The third-order valence-corrected chi connectivity index (χ3v) is 4.43. The van der Waals surface area contributed by atoms with E-state index >= 15 is 0 Å². The van der Waals surface area contributed by atoms with Crippen LogP contribution in [0, 0.1) is 0 Å². The predicted octanol–water partition coefficient (Wildman–Crippen LogP) is 1.87. The number of nitrogens with zero attached hydrogens (tertiary/aromatic N) is 3. The first-order chi connectivity index (χ1) is 13.6. The van der Waals surface area contributed by atoms with Crippen LogP contribution in [0.5, 0.6) is 23.3 Å². The fourth-order valence-electron chi connectivity index (χ4n) is 2.98. The van der Waals surface area contributed by atoms with Crippen LogP contribution in [0.4, 0.5) is 4.79 Å². The summed E-state index contributed by atoms with van der Waals surface area (Å²) >= 11 is 0. The van der Waals surface area contributed by atoms with Crippen LogP contribution >= 0.6 is 0 Å². The maximum absolute atomic E-state index is 12.5. The van der Waals surface area contributed by atoms with Crippen molar-refractivity contribution < 1.29 is 23.7 Å². The first kappa shape index (κ1) is 19.5. The Hall–Kier alpha value is -3.23. The molecule has 9 nitrogen and oxygen atoms in total. The Bertz CT molecular complexity index is 817. The number of methoxy groups -OCH3 is 3. The summed E-state index contributed by atoms with van der Waals surface area (Å²) in [6.45, 7) is 1.46. The van der Waals surface area contributed by atoms with Gasteiger partial charge in [0.25, 0.3) is 11.8 Å². The lowest BCUT2D eigenvalue weighted by atomic mass is 10.2. The van der Waals surface area contributed by atoms with E-state index < -0.39 is 0 Å². The van der Waals surface area contributed by atoms with Crippen LogP contribution < -0.4 is 24.3 Å². The maximum Gasteiger partial charge on any atom is 0.317 e. The average molecular weight is 388 g/mol. The Kier molecular flexibility index (Phi) is 6.36. The molecule has 1 aliphatic heterocycles. The first-order valence-electron chi connectivity index (χ1n) is 8.90. The Labute approximate surface area is 163 Å². The van der Waals surface area contributed by atoms with E-state index in [-0.39, 0.29) is 12.1 Å². The zero-order valence-corrected chi connectivity index (χ0v) is 16.2. The van der Waals surface area contributed by atoms with Crippen LogP contribution in [-0.2, 0) is 6.54 Å². The van der Waals surface area contributed by atoms with E-state index in [9.17, 15) is 4.79 Å². The number of amides is 2. The molecule has 2 amide bonds. The number of urea groups is 1. The van der Waals surface area contributed by atoms with Gasteiger partial charge in [-0.15, -0.1) is 0 Å². The summed E-state index contributed by atoms with van der Waals surface area (Å²) in [5, 5.41) is 2.92. The Balaban J connectivity index is 1.52. The van der Waals surface area contributed by atoms with E-state index in [4.69, 9.17) is 18.9 Å². The monoisotopic (exact) mass is 388 g/mol. The van der Waals surface area contributed by atoms with Crippen LogP contribution in [0.2, 0.25) is 0 Å². The number of hydrogen-bond acceptors (Lipinski definition) is 7.